The van der Waals surface area contributed by atoms with E-state index < -0.39 is 22.5 Å². The number of hydrogen-bond donors (Lipinski definition) is 0. The second-order valence-corrected chi connectivity index (χ2v) is 6.86. The van der Waals surface area contributed by atoms with Crippen molar-refractivity contribution in [2.24, 2.45) is 0 Å². The summed E-state index contributed by atoms with van der Waals surface area (Å²) in [6, 6.07) is 13.9. The quantitative estimate of drug-likeness (QED) is 0.602. The minimum atomic E-state index is -3.92. The Kier molecular flexibility index (Phi) is 5.47. The summed E-state index contributed by atoms with van der Waals surface area (Å²) in [6.07, 6.45) is 2.94. The van der Waals surface area contributed by atoms with Gasteiger partial charge in [0.05, 0.1) is 4.90 Å². The molecule has 0 saturated carbocycles. The van der Waals surface area contributed by atoms with Crippen molar-refractivity contribution >= 4 is 22.0 Å². The summed E-state index contributed by atoms with van der Waals surface area (Å²) < 4.78 is 28.7. The maximum atomic E-state index is 12.0. The van der Waals surface area contributed by atoms with Gasteiger partial charge in [0.15, 0.2) is 5.78 Å². The Balaban J connectivity index is 1.95. The molecule has 23 heavy (non-hydrogen) atoms. The first-order chi connectivity index (χ1) is 10.9. The highest BCUT2D eigenvalue weighted by Crippen LogP contribution is 2.13. The fourth-order valence-electron chi connectivity index (χ4n) is 1.82. The largest absolute Gasteiger partial charge is 0.297 e. The maximum absolute atomic E-state index is 12.0. The molecular weight excluding hydrogens is 312 g/mol. The molecule has 0 aliphatic carbocycles. The van der Waals surface area contributed by atoms with Crippen molar-refractivity contribution in [2.75, 3.05) is 6.61 Å². The summed E-state index contributed by atoms with van der Waals surface area (Å²) >= 11 is 0. The van der Waals surface area contributed by atoms with Crippen LogP contribution < -0.4 is 0 Å². The van der Waals surface area contributed by atoms with E-state index in [0.717, 1.165) is 16.7 Å². The molecule has 4 nitrogen and oxygen atoms in total. The van der Waals surface area contributed by atoms with Gasteiger partial charge in [0.2, 0.25) is 0 Å². The van der Waals surface area contributed by atoms with Crippen LogP contribution in [0, 0.1) is 13.8 Å². The molecule has 2 aromatic carbocycles. The smallest absolute Gasteiger partial charge is 0.292 e. The van der Waals surface area contributed by atoms with Gasteiger partial charge in [0.25, 0.3) is 10.1 Å². The van der Waals surface area contributed by atoms with Crippen LogP contribution in [0.5, 0.6) is 0 Å². The summed E-state index contributed by atoms with van der Waals surface area (Å²) in [6.45, 7) is 3.32. The van der Waals surface area contributed by atoms with Crippen LogP contribution in [0.3, 0.4) is 0 Å². The highest BCUT2D eigenvalue weighted by Gasteiger charge is 2.15. The second kappa shape index (κ2) is 7.35. The summed E-state index contributed by atoms with van der Waals surface area (Å²) in [5.41, 5.74) is 2.94. The zero-order valence-corrected chi connectivity index (χ0v) is 13.8. The summed E-state index contributed by atoms with van der Waals surface area (Å²) in [5, 5.41) is 0. The normalized spacial score (nSPS) is 11.7. The number of carbonyl (C=O) groups excluding carboxylic acids is 1. The SMILES string of the molecule is Cc1ccc(/C=C/C(=O)COS(=O)(=O)c2ccc(C)cc2)cc1. The first-order valence-corrected chi connectivity index (χ1v) is 8.51. The van der Waals surface area contributed by atoms with Gasteiger partial charge in [-0.1, -0.05) is 53.6 Å². The highest BCUT2D eigenvalue weighted by molar-refractivity contribution is 7.86. The predicted octanol–water partition coefficient (Wildman–Crippen LogP) is 3.29. The Morgan fingerprint density at radius 3 is 2.04 bits per heavy atom. The molecule has 0 heterocycles. The van der Waals surface area contributed by atoms with Crippen molar-refractivity contribution in [3.63, 3.8) is 0 Å². The Hall–Kier alpha value is -2.24. The van der Waals surface area contributed by atoms with Gasteiger partial charge in [0.1, 0.15) is 6.61 Å². The monoisotopic (exact) mass is 330 g/mol. The Morgan fingerprint density at radius 1 is 0.957 bits per heavy atom. The van der Waals surface area contributed by atoms with Crippen LogP contribution in [-0.2, 0) is 19.1 Å². The summed E-state index contributed by atoms with van der Waals surface area (Å²) in [5.74, 6) is -0.415. The van der Waals surface area contributed by atoms with Crippen LogP contribution in [0.4, 0.5) is 0 Å². The molecule has 0 N–H and O–H groups in total. The minimum Gasteiger partial charge on any atom is -0.292 e. The molecule has 0 bridgehead atoms. The third kappa shape index (κ3) is 5.16. The molecule has 2 aromatic rings. The maximum Gasteiger partial charge on any atom is 0.297 e. The van der Waals surface area contributed by atoms with Gasteiger partial charge in [-0.15, -0.1) is 0 Å². The lowest BCUT2D eigenvalue weighted by Gasteiger charge is -2.04. The van der Waals surface area contributed by atoms with E-state index in [4.69, 9.17) is 4.18 Å². The van der Waals surface area contributed by atoms with Crippen molar-refractivity contribution in [3.8, 4) is 0 Å². The highest BCUT2D eigenvalue weighted by atomic mass is 32.2. The molecule has 0 aliphatic rings. The van der Waals surface area contributed by atoms with E-state index in [1.54, 1.807) is 18.2 Å². The van der Waals surface area contributed by atoms with Gasteiger partial charge in [-0.2, -0.15) is 8.42 Å². The number of ketones is 1. The van der Waals surface area contributed by atoms with Crippen LogP contribution in [-0.4, -0.2) is 20.8 Å². The zero-order chi connectivity index (χ0) is 16.9. The molecule has 0 aliphatic heterocycles. The lowest BCUT2D eigenvalue weighted by molar-refractivity contribution is -0.116. The first-order valence-electron chi connectivity index (χ1n) is 7.10. The zero-order valence-electron chi connectivity index (χ0n) is 13.0. The lowest BCUT2D eigenvalue weighted by Crippen LogP contribution is -2.12. The Morgan fingerprint density at radius 2 is 1.48 bits per heavy atom. The molecule has 0 amide bonds. The summed E-state index contributed by atoms with van der Waals surface area (Å²) in [4.78, 5) is 11.8. The Bertz CT molecular complexity index is 801. The Labute approximate surface area is 136 Å². The number of carbonyl (C=O) groups is 1. The van der Waals surface area contributed by atoms with E-state index in [1.165, 1.54) is 18.2 Å². The van der Waals surface area contributed by atoms with E-state index in [2.05, 4.69) is 0 Å². The molecule has 120 valence electrons. The third-order valence-corrected chi connectivity index (χ3v) is 4.48. The van der Waals surface area contributed by atoms with Gasteiger partial charge in [-0.3, -0.25) is 8.98 Å². The average molecular weight is 330 g/mol. The van der Waals surface area contributed by atoms with Crippen LogP contribution in [0.1, 0.15) is 16.7 Å². The molecule has 5 heteroatoms. The van der Waals surface area contributed by atoms with E-state index in [9.17, 15) is 13.2 Å². The fraction of sp³-hybridized carbons (Fsp3) is 0.167. The molecule has 0 unspecified atom stereocenters. The van der Waals surface area contributed by atoms with Crippen LogP contribution in [0.15, 0.2) is 59.5 Å². The standard InChI is InChI=1S/C18H18O4S/c1-14-3-7-16(8-4-14)9-10-17(19)13-22-23(20,21)18-11-5-15(2)6-12-18/h3-12H,13H2,1-2H3/b10-9+. The van der Waals surface area contributed by atoms with Crippen molar-refractivity contribution in [3.05, 3.63) is 71.3 Å². The fourth-order valence-corrected chi connectivity index (χ4v) is 2.70. The second-order valence-electron chi connectivity index (χ2n) is 5.24. The molecule has 0 fully saturated rings. The van der Waals surface area contributed by atoms with Gasteiger partial charge < -0.3 is 0 Å². The van der Waals surface area contributed by atoms with Crippen molar-refractivity contribution < 1.29 is 17.4 Å². The van der Waals surface area contributed by atoms with Gasteiger partial charge in [-0.05, 0) is 37.6 Å². The number of benzene rings is 2. The average Bonchev–Trinajstić information content (AvgIpc) is 2.53. The molecule has 0 spiro atoms. The first kappa shape index (κ1) is 17.1. The number of rotatable bonds is 6. The van der Waals surface area contributed by atoms with Crippen molar-refractivity contribution in [2.45, 2.75) is 18.7 Å². The van der Waals surface area contributed by atoms with Crippen LogP contribution in [0.25, 0.3) is 6.08 Å². The van der Waals surface area contributed by atoms with E-state index in [0.29, 0.717) is 0 Å². The molecular formula is C18H18O4S. The van der Waals surface area contributed by atoms with Crippen LogP contribution in [0.2, 0.25) is 0 Å². The number of hydrogen-bond acceptors (Lipinski definition) is 4. The van der Waals surface area contributed by atoms with Gasteiger partial charge in [0, 0.05) is 0 Å². The molecule has 0 atom stereocenters. The molecule has 0 aromatic heterocycles. The molecule has 2 rings (SSSR count). The van der Waals surface area contributed by atoms with Crippen LogP contribution >= 0.6 is 0 Å². The van der Waals surface area contributed by atoms with Gasteiger partial charge >= 0.3 is 0 Å². The summed E-state index contributed by atoms with van der Waals surface area (Å²) in [7, 11) is -3.92. The minimum absolute atomic E-state index is 0.0402. The number of aryl methyl sites for hydroxylation is 2. The molecule has 0 saturated heterocycles. The van der Waals surface area contributed by atoms with E-state index in [-0.39, 0.29) is 4.90 Å². The van der Waals surface area contributed by atoms with Crippen molar-refractivity contribution in [1.29, 1.82) is 0 Å². The third-order valence-electron chi connectivity index (χ3n) is 3.21. The predicted molar refractivity (Wildman–Crippen MR) is 89.5 cm³/mol. The van der Waals surface area contributed by atoms with E-state index in [1.807, 2.05) is 38.1 Å². The van der Waals surface area contributed by atoms with Gasteiger partial charge in [-0.25, -0.2) is 0 Å². The van der Waals surface area contributed by atoms with E-state index >= 15 is 0 Å². The molecule has 0 radical (unpaired) electrons. The lowest BCUT2D eigenvalue weighted by atomic mass is 10.1. The van der Waals surface area contributed by atoms with Crippen molar-refractivity contribution in [1.82, 2.24) is 0 Å². The topological polar surface area (TPSA) is 60.4 Å².